The molecule has 3 aromatic rings. The minimum absolute atomic E-state index is 0.0219. The normalized spacial score (nSPS) is 17.5. The minimum atomic E-state index is -0.0219. The number of para-hydroxylation sites is 1. The van der Waals surface area contributed by atoms with E-state index in [0.29, 0.717) is 0 Å². The zero-order valence-corrected chi connectivity index (χ0v) is 19.5. The van der Waals surface area contributed by atoms with Crippen LogP contribution in [0, 0.1) is 0 Å². The van der Waals surface area contributed by atoms with Gasteiger partial charge < -0.3 is 4.74 Å². The van der Waals surface area contributed by atoms with E-state index >= 15 is 0 Å². The van der Waals surface area contributed by atoms with Gasteiger partial charge in [0, 0.05) is 17.7 Å². The molecule has 0 N–H and O–H groups in total. The number of fused-ring (bicyclic) bond motifs is 1. The van der Waals surface area contributed by atoms with Crippen molar-refractivity contribution in [2.45, 2.75) is 19.3 Å². The van der Waals surface area contributed by atoms with Crippen LogP contribution in [0.25, 0.3) is 11.5 Å². The van der Waals surface area contributed by atoms with E-state index in [4.69, 9.17) is 4.74 Å². The van der Waals surface area contributed by atoms with Gasteiger partial charge >= 0.3 is 0 Å². The van der Waals surface area contributed by atoms with E-state index in [0.717, 1.165) is 26.8 Å². The highest BCUT2D eigenvalue weighted by Crippen LogP contribution is 2.39. The molecule has 0 fully saturated rings. The lowest BCUT2D eigenvalue weighted by molar-refractivity contribution is -0.401. The van der Waals surface area contributed by atoms with Crippen LogP contribution in [0.1, 0.15) is 29.2 Å². The van der Waals surface area contributed by atoms with Crippen molar-refractivity contribution in [1.82, 2.24) is 0 Å². The molecular weight excluding hydrogens is 418 g/mol. The maximum atomic E-state index is 6.24. The maximum Gasteiger partial charge on any atom is 0.209 e. The van der Waals surface area contributed by atoms with E-state index < -0.39 is 0 Å². The second-order valence-corrected chi connectivity index (χ2v) is 10.1. The van der Waals surface area contributed by atoms with E-state index in [1.165, 1.54) is 17.0 Å². The van der Waals surface area contributed by atoms with Crippen molar-refractivity contribution in [3.05, 3.63) is 111 Å². The SMILES string of the molecule is C[N+]1=C(/C=C/C=C2C=C(c3cccs3)OC(c3cccs3)=C2)C(C)(C)c2ccccc21. The predicted molar refractivity (Wildman–Crippen MR) is 133 cm³/mol. The fraction of sp³-hybridized carbons (Fsp3) is 0.148. The summed E-state index contributed by atoms with van der Waals surface area (Å²) in [7, 11) is 2.15. The summed E-state index contributed by atoms with van der Waals surface area (Å²) in [5, 5.41) is 4.16. The average Bonchev–Trinajstić information content (AvgIpc) is 3.53. The van der Waals surface area contributed by atoms with Crippen molar-refractivity contribution >= 4 is 45.6 Å². The molecule has 0 atom stereocenters. The molecule has 0 aliphatic carbocycles. The average molecular weight is 443 g/mol. The van der Waals surface area contributed by atoms with Crippen LogP contribution >= 0.6 is 22.7 Å². The number of thiophene rings is 2. The summed E-state index contributed by atoms with van der Waals surface area (Å²) < 4.78 is 8.54. The molecule has 4 heterocycles. The van der Waals surface area contributed by atoms with Gasteiger partial charge in [0.25, 0.3) is 0 Å². The first-order chi connectivity index (χ1) is 15.0. The summed E-state index contributed by atoms with van der Waals surface area (Å²) >= 11 is 3.39. The molecule has 0 amide bonds. The van der Waals surface area contributed by atoms with Gasteiger partial charge in [0.2, 0.25) is 5.69 Å². The topological polar surface area (TPSA) is 12.2 Å². The van der Waals surface area contributed by atoms with E-state index in [1.54, 1.807) is 22.7 Å². The molecule has 1 aromatic carbocycles. The first-order valence-electron chi connectivity index (χ1n) is 10.3. The highest BCUT2D eigenvalue weighted by atomic mass is 32.1. The summed E-state index contributed by atoms with van der Waals surface area (Å²) in [5.74, 6) is 1.80. The first kappa shape index (κ1) is 20.0. The Balaban J connectivity index is 1.50. The Morgan fingerprint density at radius 3 is 2.10 bits per heavy atom. The molecule has 0 saturated carbocycles. The number of ether oxygens (including phenoxy) is 1. The van der Waals surface area contributed by atoms with Gasteiger partial charge in [-0.1, -0.05) is 42.5 Å². The lowest BCUT2D eigenvalue weighted by Crippen LogP contribution is -2.26. The Morgan fingerprint density at radius 1 is 0.871 bits per heavy atom. The fourth-order valence-corrected chi connectivity index (χ4v) is 5.61. The molecule has 0 bridgehead atoms. The largest absolute Gasteiger partial charge is 0.454 e. The van der Waals surface area contributed by atoms with Crippen LogP contribution in [-0.2, 0) is 10.2 Å². The van der Waals surface area contributed by atoms with Crippen LogP contribution in [0.15, 0.2) is 95.2 Å². The molecule has 5 rings (SSSR count). The van der Waals surface area contributed by atoms with Gasteiger partial charge in [0.1, 0.15) is 18.6 Å². The molecule has 31 heavy (non-hydrogen) atoms. The highest BCUT2D eigenvalue weighted by molar-refractivity contribution is 7.11. The Hall–Kier alpha value is -2.95. The summed E-state index contributed by atoms with van der Waals surface area (Å²) in [5.41, 5.74) is 5.06. The van der Waals surface area contributed by atoms with Crippen molar-refractivity contribution in [2.24, 2.45) is 0 Å². The third-order valence-corrected chi connectivity index (χ3v) is 7.60. The monoisotopic (exact) mass is 442 g/mol. The molecule has 2 aliphatic heterocycles. The second-order valence-electron chi connectivity index (χ2n) is 8.19. The molecule has 0 spiro atoms. The van der Waals surface area contributed by atoms with Gasteiger partial charge in [-0.05, 0) is 54.5 Å². The first-order valence-corrected chi connectivity index (χ1v) is 12.1. The van der Waals surface area contributed by atoms with Crippen molar-refractivity contribution in [2.75, 3.05) is 7.05 Å². The molecule has 0 unspecified atom stereocenters. The zero-order chi connectivity index (χ0) is 21.4. The third kappa shape index (κ3) is 3.67. The van der Waals surface area contributed by atoms with Gasteiger partial charge in [-0.15, -0.1) is 22.7 Å². The van der Waals surface area contributed by atoms with Gasteiger partial charge in [-0.25, -0.2) is 0 Å². The van der Waals surface area contributed by atoms with Crippen LogP contribution in [0.2, 0.25) is 0 Å². The fourth-order valence-electron chi connectivity index (χ4n) is 4.25. The van der Waals surface area contributed by atoms with Crippen LogP contribution in [0.4, 0.5) is 5.69 Å². The van der Waals surface area contributed by atoms with Crippen molar-refractivity contribution < 1.29 is 9.31 Å². The van der Waals surface area contributed by atoms with Crippen LogP contribution in [0.3, 0.4) is 0 Å². The summed E-state index contributed by atoms with van der Waals surface area (Å²) in [6.07, 6.45) is 10.8. The molecule has 154 valence electrons. The van der Waals surface area contributed by atoms with Gasteiger partial charge in [0.05, 0.1) is 15.2 Å². The number of allylic oxidation sites excluding steroid dienone is 6. The summed E-state index contributed by atoms with van der Waals surface area (Å²) in [6.45, 7) is 4.58. The Labute approximate surface area is 191 Å². The Kier molecular flexibility index (Phi) is 5.12. The van der Waals surface area contributed by atoms with E-state index in [1.807, 2.05) is 0 Å². The van der Waals surface area contributed by atoms with Gasteiger partial charge in [-0.3, -0.25) is 0 Å². The standard InChI is InChI=1S/C27H24NOS2/c1-27(2)20-10-4-5-11-21(20)28(3)26(27)14-6-9-19-17-22(24-12-7-15-30-24)29-23(18-19)25-13-8-16-31-25/h4-18H,1-3H3/q+1/b14-6+. The maximum absolute atomic E-state index is 6.24. The van der Waals surface area contributed by atoms with Crippen molar-refractivity contribution in [1.29, 1.82) is 0 Å². The highest BCUT2D eigenvalue weighted by Gasteiger charge is 2.42. The molecule has 2 nitrogen and oxygen atoms in total. The van der Waals surface area contributed by atoms with Crippen LogP contribution in [-0.4, -0.2) is 17.3 Å². The Bertz CT molecular complexity index is 1210. The smallest absolute Gasteiger partial charge is 0.209 e. The summed E-state index contributed by atoms with van der Waals surface area (Å²) in [6, 6.07) is 17.0. The van der Waals surface area contributed by atoms with E-state index in [9.17, 15) is 0 Å². The predicted octanol–water partition coefficient (Wildman–Crippen LogP) is 7.41. The molecule has 2 aromatic heterocycles. The molecule has 0 saturated heterocycles. The van der Waals surface area contributed by atoms with Crippen LogP contribution in [0.5, 0.6) is 0 Å². The molecule has 4 heteroatoms. The van der Waals surface area contributed by atoms with Gasteiger partial charge in [-0.2, -0.15) is 4.58 Å². The second kappa shape index (κ2) is 7.95. The number of rotatable bonds is 4. The lowest BCUT2D eigenvalue weighted by Gasteiger charge is -2.16. The number of hydrogen-bond acceptors (Lipinski definition) is 3. The summed E-state index contributed by atoms with van der Waals surface area (Å²) in [4.78, 5) is 2.28. The van der Waals surface area contributed by atoms with Gasteiger partial charge in [0.15, 0.2) is 5.71 Å². The number of benzene rings is 1. The third-order valence-electron chi connectivity index (χ3n) is 5.83. The van der Waals surface area contributed by atoms with Crippen molar-refractivity contribution in [3.8, 4) is 0 Å². The lowest BCUT2D eigenvalue weighted by atomic mass is 9.81. The molecular formula is C27H24NOS2+. The quantitative estimate of drug-likeness (QED) is 0.383. The number of nitrogens with zero attached hydrogens (tertiary/aromatic N) is 1. The van der Waals surface area contributed by atoms with E-state index in [-0.39, 0.29) is 5.41 Å². The van der Waals surface area contributed by atoms with E-state index in [2.05, 4.69) is 115 Å². The molecule has 0 radical (unpaired) electrons. The Morgan fingerprint density at radius 2 is 1.52 bits per heavy atom. The zero-order valence-electron chi connectivity index (χ0n) is 17.8. The van der Waals surface area contributed by atoms with Crippen molar-refractivity contribution in [3.63, 3.8) is 0 Å². The minimum Gasteiger partial charge on any atom is -0.454 e. The van der Waals surface area contributed by atoms with Crippen LogP contribution < -0.4 is 0 Å². The molecule has 2 aliphatic rings. The number of hydrogen-bond donors (Lipinski definition) is 0.